The predicted molar refractivity (Wildman–Crippen MR) is 84.2 cm³/mol. The van der Waals surface area contributed by atoms with Gasteiger partial charge in [0.1, 0.15) is 10.7 Å². The van der Waals surface area contributed by atoms with E-state index in [1.807, 2.05) is 6.92 Å². The standard InChI is InChI=1S/C12H15ClN4O2S2/c1-2-3-14-12-11(13)4-10(6-15-12)21(18,19)17-5-9-7-20-8-16-9/h4,6-8,17H,2-3,5H2,1H3,(H,14,15). The minimum atomic E-state index is -3.66. The molecule has 2 aromatic rings. The Morgan fingerprint density at radius 1 is 1.38 bits per heavy atom. The second-order valence-electron chi connectivity index (χ2n) is 4.23. The number of halogens is 1. The van der Waals surface area contributed by atoms with Crippen LogP contribution in [0.2, 0.25) is 5.02 Å². The molecule has 0 unspecified atom stereocenters. The first kappa shape index (κ1) is 16.2. The highest BCUT2D eigenvalue weighted by molar-refractivity contribution is 7.89. The molecule has 6 nitrogen and oxygen atoms in total. The fraction of sp³-hybridized carbons (Fsp3) is 0.333. The summed E-state index contributed by atoms with van der Waals surface area (Å²) in [6.45, 7) is 2.88. The van der Waals surface area contributed by atoms with E-state index in [0.29, 0.717) is 11.5 Å². The highest BCUT2D eigenvalue weighted by atomic mass is 35.5. The molecule has 0 saturated heterocycles. The van der Waals surface area contributed by atoms with Crippen LogP contribution >= 0.6 is 22.9 Å². The molecule has 0 aliphatic rings. The van der Waals surface area contributed by atoms with E-state index in [1.54, 1.807) is 10.9 Å². The van der Waals surface area contributed by atoms with E-state index >= 15 is 0 Å². The first-order valence-electron chi connectivity index (χ1n) is 6.29. The zero-order valence-corrected chi connectivity index (χ0v) is 13.7. The summed E-state index contributed by atoms with van der Waals surface area (Å²) >= 11 is 7.45. The van der Waals surface area contributed by atoms with Crippen molar-refractivity contribution < 1.29 is 8.42 Å². The molecule has 9 heteroatoms. The first-order chi connectivity index (χ1) is 10.0. The van der Waals surface area contributed by atoms with Gasteiger partial charge < -0.3 is 5.32 Å². The number of sulfonamides is 1. The highest BCUT2D eigenvalue weighted by Gasteiger charge is 2.16. The van der Waals surface area contributed by atoms with Gasteiger partial charge in [-0.3, -0.25) is 0 Å². The van der Waals surface area contributed by atoms with Crippen molar-refractivity contribution in [2.75, 3.05) is 11.9 Å². The summed E-state index contributed by atoms with van der Waals surface area (Å²) in [5.74, 6) is 0.483. The molecule has 2 aromatic heterocycles. The maximum Gasteiger partial charge on any atom is 0.242 e. The topological polar surface area (TPSA) is 84.0 Å². The molecule has 0 spiro atoms. The van der Waals surface area contributed by atoms with Crippen LogP contribution in [0.3, 0.4) is 0 Å². The molecule has 0 fully saturated rings. The smallest absolute Gasteiger partial charge is 0.242 e. The van der Waals surface area contributed by atoms with Crippen LogP contribution < -0.4 is 10.0 Å². The zero-order chi connectivity index (χ0) is 15.3. The number of anilines is 1. The summed E-state index contributed by atoms with van der Waals surface area (Å²) in [6.07, 6.45) is 2.21. The van der Waals surface area contributed by atoms with Gasteiger partial charge in [0.05, 0.1) is 22.8 Å². The van der Waals surface area contributed by atoms with Gasteiger partial charge in [-0.25, -0.2) is 23.1 Å². The molecule has 2 heterocycles. The van der Waals surface area contributed by atoms with Crippen molar-refractivity contribution in [1.82, 2.24) is 14.7 Å². The Hall–Kier alpha value is -1.22. The molecule has 2 N–H and O–H groups in total. The van der Waals surface area contributed by atoms with Crippen molar-refractivity contribution in [1.29, 1.82) is 0 Å². The monoisotopic (exact) mass is 346 g/mol. The largest absolute Gasteiger partial charge is 0.369 e. The Labute approximate surface area is 132 Å². The minimum absolute atomic E-state index is 0.0322. The predicted octanol–water partition coefficient (Wildman–Crippen LogP) is 2.49. The van der Waals surface area contributed by atoms with Gasteiger partial charge in [-0.15, -0.1) is 11.3 Å². The normalized spacial score (nSPS) is 11.5. The molecule has 21 heavy (non-hydrogen) atoms. The van der Waals surface area contributed by atoms with Crippen molar-refractivity contribution in [3.05, 3.63) is 33.9 Å². The van der Waals surface area contributed by atoms with Crippen molar-refractivity contribution in [3.63, 3.8) is 0 Å². The average molecular weight is 347 g/mol. The number of nitrogens with zero attached hydrogens (tertiary/aromatic N) is 2. The van der Waals surface area contributed by atoms with E-state index in [1.165, 1.54) is 23.6 Å². The number of nitrogens with one attached hydrogen (secondary N) is 2. The second kappa shape index (κ2) is 7.17. The lowest BCUT2D eigenvalue weighted by Gasteiger charge is -2.09. The molecule has 0 aliphatic carbocycles. The van der Waals surface area contributed by atoms with Crippen LogP contribution in [0.5, 0.6) is 0 Å². The number of aromatic nitrogens is 2. The lowest BCUT2D eigenvalue weighted by Crippen LogP contribution is -2.23. The summed E-state index contributed by atoms with van der Waals surface area (Å²) in [4.78, 5) is 8.10. The average Bonchev–Trinajstić information content (AvgIpc) is 2.97. The molecule has 0 atom stereocenters. The number of hydrogen-bond acceptors (Lipinski definition) is 6. The van der Waals surface area contributed by atoms with Crippen LogP contribution in [0, 0.1) is 0 Å². The SMILES string of the molecule is CCCNc1ncc(S(=O)(=O)NCc2cscn2)cc1Cl. The maximum absolute atomic E-state index is 12.2. The Morgan fingerprint density at radius 3 is 2.81 bits per heavy atom. The van der Waals surface area contributed by atoms with E-state index in [0.717, 1.165) is 13.0 Å². The van der Waals surface area contributed by atoms with E-state index in [4.69, 9.17) is 11.6 Å². The fourth-order valence-corrected chi connectivity index (χ4v) is 3.34. The summed E-state index contributed by atoms with van der Waals surface area (Å²) < 4.78 is 26.8. The summed E-state index contributed by atoms with van der Waals surface area (Å²) in [6, 6.07) is 1.38. The molecule has 0 aliphatic heterocycles. The van der Waals surface area contributed by atoms with Gasteiger partial charge in [0, 0.05) is 18.1 Å². The molecule has 2 rings (SSSR count). The van der Waals surface area contributed by atoms with E-state index in [-0.39, 0.29) is 16.5 Å². The van der Waals surface area contributed by atoms with Crippen LogP contribution in [0.4, 0.5) is 5.82 Å². The summed E-state index contributed by atoms with van der Waals surface area (Å²) in [5.41, 5.74) is 2.32. The van der Waals surface area contributed by atoms with Gasteiger partial charge in [0.25, 0.3) is 0 Å². The van der Waals surface area contributed by atoms with Crippen LogP contribution in [0.15, 0.2) is 28.0 Å². The second-order valence-corrected chi connectivity index (χ2v) is 7.13. The molecule has 114 valence electrons. The van der Waals surface area contributed by atoms with Crippen LogP contribution in [-0.4, -0.2) is 24.9 Å². The fourth-order valence-electron chi connectivity index (χ4n) is 1.52. The third-order valence-electron chi connectivity index (χ3n) is 2.60. The van der Waals surface area contributed by atoms with Crippen LogP contribution in [0.1, 0.15) is 19.0 Å². The number of thiazole rings is 1. The molecular weight excluding hydrogens is 332 g/mol. The van der Waals surface area contributed by atoms with E-state index in [9.17, 15) is 8.42 Å². The van der Waals surface area contributed by atoms with E-state index < -0.39 is 10.0 Å². The van der Waals surface area contributed by atoms with Crippen LogP contribution in [0.25, 0.3) is 0 Å². The summed E-state index contributed by atoms with van der Waals surface area (Å²) in [5, 5.41) is 5.09. The number of hydrogen-bond donors (Lipinski definition) is 2. The van der Waals surface area contributed by atoms with Gasteiger partial charge in [-0.1, -0.05) is 18.5 Å². The lowest BCUT2D eigenvalue weighted by atomic mass is 10.4. The Balaban J connectivity index is 2.10. The third-order valence-corrected chi connectivity index (χ3v) is 4.89. The van der Waals surface area contributed by atoms with Gasteiger partial charge in [0.2, 0.25) is 10.0 Å². The third kappa shape index (κ3) is 4.37. The van der Waals surface area contributed by atoms with E-state index in [2.05, 4.69) is 20.0 Å². The quantitative estimate of drug-likeness (QED) is 0.804. The molecule has 0 radical (unpaired) electrons. The van der Waals surface area contributed by atoms with Gasteiger partial charge in [0.15, 0.2) is 0 Å². The van der Waals surface area contributed by atoms with Crippen molar-refractivity contribution in [2.24, 2.45) is 0 Å². The number of rotatable bonds is 7. The first-order valence-corrected chi connectivity index (χ1v) is 9.09. The minimum Gasteiger partial charge on any atom is -0.369 e. The lowest BCUT2D eigenvalue weighted by molar-refractivity contribution is 0.580. The Bertz CT molecular complexity index is 689. The Morgan fingerprint density at radius 2 is 2.19 bits per heavy atom. The molecule has 0 amide bonds. The van der Waals surface area contributed by atoms with Crippen molar-refractivity contribution >= 4 is 38.8 Å². The molecule has 0 bridgehead atoms. The summed E-state index contributed by atoms with van der Waals surface area (Å²) in [7, 11) is -3.66. The van der Waals surface area contributed by atoms with Gasteiger partial charge in [-0.05, 0) is 12.5 Å². The van der Waals surface area contributed by atoms with Gasteiger partial charge in [-0.2, -0.15) is 0 Å². The maximum atomic E-state index is 12.2. The van der Waals surface area contributed by atoms with Gasteiger partial charge >= 0.3 is 0 Å². The molecule has 0 aromatic carbocycles. The molecular formula is C12H15ClN4O2S2. The Kier molecular flexibility index (Phi) is 5.51. The zero-order valence-electron chi connectivity index (χ0n) is 11.3. The molecule has 0 saturated carbocycles. The number of pyridine rings is 1. The van der Waals surface area contributed by atoms with Crippen molar-refractivity contribution in [3.8, 4) is 0 Å². The van der Waals surface area contributed by atoms with Crippen molar-refractivity contribution in [2.45, 2.75) is 24.8 Å². The van der Waals surface area contributed by atoms with Crippen LogP contribution in [-0.2, 0) is 16.6 Å². The highest BCUT2D eigenvalue weighted by Crippen LogP contribution is 2.22.